The van der Waals surface area contributed by atoms with Gasteiger partial charge in [0.1, 0.15) is 12.4 Å². The summed E-state index contributed by atoms with van der Waals surface area (Å²) in [6, 6.07) is 9.21. The van der Waals surface area contributed by atoms with Crippen molar-refractivity contribution < 1.29 is 14.2 Å². The second kappa shape index (κ2) is 6.07. The molecule has 3 rings (SSSR count). The van der Waals surface area contributed by atoms with E-state index in [-0.39, 0.29) is 0 Å². The third-order valence-corrected chi connectivity index (χ3v) is 3.51. The molecule has 0 amide bonds. The van der Waals surface area contributed by atoms with Crippen molar-refractivity contribution in [2.24, 2.45) is 0 Å². The molecule has 0 aliphatic carbocycles. The molecule has 1 saturated heterocycles. The van der Waals surface area contributed by atoms with E-state index in [0.717, 1.165) is 48.7 Å². The monoisotopic (exact) mass is 274 g/mol. The molecule has 1 fully saturated rings. The summed E-state index contributed by atoms with van der Waals surface area (Å²) in [7, 11) is 0. The highest BCUT2D eigenvalue weighted by atomic mass is 16.5. The number of fused-ring (bicyclic) bond motifs is 1. The molecular formula is C15H18N2O3. The average Bonchev–Trinajstić information content (AvgIpc) is 2.48. The minimum atomic E-state index is 0.649. The largest absolute Gasteiger partial charge is 0.618 e. The van der Waals surface area contributed by atoms with Crippen molar-refractivity contribution in [2.45, 2.75) is 0 Å². The first-order valence-electron chi connectivity index (χ1n) is 6.88. The number of hydrogen-bond acceptors (Lipinski definition) is 4. The Morgan fingerprint density at radius 1 is 1.25 bits per heavy atom. The van der Waals surface area contributed by atoms with Gasteiger partial charge in [-0.2, -0.15) is 4.73 Å². The molecule has 5 heteroatoms. The molecule has 0 bridgehead atoms. The van der Waals surface area contributed by atoms with Gasteiger partial charge in [-0.25, -0.2) is 0 Å². The first kappa shape index (κ1) is 13.1. The highest BCUT2D eigenvalue weighted by molar-refractivity contribution is 5.77. The highest BCUT2D eigenvalue weighted by Crippen LogP contribution is 2.18. The molecule has 2 heterocycles. The molecule has 0 atom stereocenters. The topological polar surface area (TPSA) is 48.6 Å². The lowest BCUT2D eigenvalue weighted by Gasteiger charge is -2.26. The van der Waals surface area contributed by atoms with E-state index in [4.69, 9.17) is 9.47 Å². The fourth-order valence-corrected chi connectivity index (χ4v) is 2.38. The maximum atomic E-state index is 11.6. The number of pyridine rings is 1. The van der Waals surface area contributed by atoms with Gasteiger partial charge in [-0.1, -0.05) is 0 Å². The van der Waals surface area contributed by atoms with Gasteiger partial charge in [-0.15, -0.1) is 0 Å². The third-order valence-electron chi connectivity index (χ3n) is 3.51. The summed E-state index contributed by atoms with van der Waals surface area (Å²) in [6.07, 6.45) is 1.50. The summed E-state index contributed by atoms with van der Waals surface area (Å²) in [5.41, 5.74) is 0.660. The molecule has 1 aliphatic heterocycles. The molecule has 5 nitrogen and oxygen atoms in total. The zero-order valence-corrected chi connectivity index (χ0v) is 11.3. The maximum Gasteiger partial charge on any atom is 0.223 e. The van der Waals surface area contributed by atoms with Crippen molar-refractivity contribution in [3.8, 4) is 5.75 Å². The molecule has 0 radical (unpaired) electrons. The van der Waals surface area contributed by atoms with E-state index in [1.54, 1.807) is 12.1 Å². The van der Waals surface area contributed by atoms with Crippen molar-refractivity contribution in [2.75, 3.05) is 39.5 Å². The fraction of sp³-hybridized carbons (Fsp3) is 0.400. The number of aromatic nitrogens is 1. The first-order chi connectivity index (χ1) is 9.83. The zero-order valence-electron chi connectivity index (χ0n) is 11.3. The summed E-state index contributed by atoms with van der Waals surface area (Å²) in [5.74, 6) is 0.803. The Labute approximate surface area is 117 Å². The quantitative estimate of drug-likeness (QED) is 0.620. The van der Waals surface area contributed by atoms with Crippen LogP contribution in [0.4, 0.5) is 0 Å². The standard InChI is InChI=1S/C15H18N2O3/c18-17-5-1-2-13-12-14(3-4-15(13)17)20-11-8-16-6-9-19-10-7-16/h1-5,12H,6-11H2. The Hall–Kier alpha value is -1.85. The van der Waals surface area contributed by atoms with E-state index in [1.165, 1.54) is 6.20 Å². The molecule has 1 aliphatic rings. The number of morpholine rings is 1. The van der Waals surface area contributed by atoms with Crippen LogP contribution in [0.25, 0.3) is 10.9 Å². The van der Waals surface area contributed by atoms with Gasteiger partial charge in [-0.05, 0) is 18.2 Å². The van der Waals surface area contributed by atoms with Crippen LogP contribution in [0.2, 0.25) is 0 Å². The Morgan fingerprint density at radius 2 is 2.10 bits per heavy atom. The van der Waals surface area contributed by atoms with Gasteiger partial charge in [0.15, 0.2) is 6.20 Å². The predicted octanol–water partition coefficient (Wildman–Crippen LogP) is 1.18. The number of rotatable bonds is 4. The van der Waals surface area contributed by atoms with Crippen LogP contribution >= 0.6 is 0 Å². The van der Waals surface area contributed by atoms with Gasteiger partial charge in [0, 0.05) is 31.8 Å². The van der Waals surface area contributed by atoms with Gasteiger partial charge in [0.2, 0.25) is 5.52 Å². The summed E-state index contributed by atoms with van der Waals surface area (Å²) in [4.78, 5) is 2.33. The van der Waals surface area contributed by atoms with Crippen molar-refractivity contribution >= 4 is 10.9 Å². The van der Waals surface area contributed by atoms with Gasteiger partial charge in [0.05, 0.1) is 18.6 Å². The van der Waals surface area contributed by atoms with Crippen LogP contribution in [-0.4, -0.2) is 44.4 Å². The summed E-state index contributed by atoms with van der Waals surface area (Å²) in [5, 5.41) is 12.5. The lowest BCUT2D eigenvalue weighted by atomic mass is 10.2. The van der Waals surface area contributed by atoms with E-state index >= 15 is 0 Å². The van der Waals surface area contributed by atoms with Gasteiger partial charge in [0.25, 0.3) is 0 Å². The average molecular weight is 274 g/mol. The molecule has 2 aromatic rings. The normalized spacial score (nSPS) is 16.4. The van der Waals surface area contributed by atoms with Crippen LogP contribution in [-0.2, 0) is 4.74 Å². The number of ether oxygens (including phenoxy) is 2. The molecule has 1 aromatic carbocycles. The number of benzene rings is 1. The van der Waals surface area contributed by atoms with Crippen molar-refractivity contribution in [3.63, 3.8) is 0 Å². The molecule has 0 unspecified atom stereocenters. The van der Waals surface area contributed by atoms with E-state index in [1.807, 2.05) is 18.2 Å². The summed E-state index contributed by atoms with van der Waals surface area (Å²) in [6.45, 7) is 5.10. The molecule has 1 aromatic heterocycles. The lowest BCUT2D eigenvalue weighted by molar-refractivity contribution is -0.577. The Bertz CT molecular complexity index is 582. The number of nitrogens with zero attached hydrogens (tertiary/aromatic N) is 2. The second-order valence-electron chi connectivity index (χ2n) is 4.86. The molecule has 20 heavy (non-hydrogen) atoms. The van der Waals surface area contributed by atoms with Crippen molar-refractivity contribution in [1.29, 1.82) is 0 Å². The fourth-order valence-electron chi connectivity index (χ4n) is 2.38. The number of hydrogen-bond donors (Lipinski definition) is 0. The van der Waals surface area contributed by atoms with Crippen LogP contribution in [0.1, 0.15) is 0 Å². The van der Waals surface area contributed by atoms with Crippen LogP contribution in [0.3, 0.4) is 0 Å². The summed E-state index contributed by atoms with van der Waals surface area (Å²) < 4.78 is 11.9. The van der Waals surface area contributed by atoms with Crippen molar-refractivity contribution in [1.82, 2.24) is 4.90 Å². The van der Waals surface area contributed by atoms with Gasteiger partial charge in [-0.3, -0.25) is 4.90 Å². The molecular weight excluding hydrogens is 256 g/mol. The van der Waals surface area contributed by atoms with Gasteiger partial charge >= 0.3 is 0 Å². The van der Waals surface area contributed by atoms with E-state index in [2.05, 4.69) is 4.90 Å². The predicted molar refractivity (Wildman–Crippen MR) is 75.7 cm³/mol. The van der Waals surface area contributed by atoms with E-state index < -0.39 is 0 Å². The highest BCUT2D eigenvalue weighted by Gasteiger charge is 2.10. The van der Waals surface area contributed by atoms with Crippen LogP contribution < -0.4 is 9.47 Å². The Balaban J connectivity index is 1.60. The molecule has 0 N–H and O–H groups in total. The molecule has 106 valence electrons. The van der Waals surface area contributed by atoms with Crippen LogP contribution in [0.15, 0.2) is 36.5 Å². The summed E-state index contributed by atoms with van der Waals surface area (Å²) >= 11 is 0. The van der Waals surface area contributed by atoms with Gasteiger partial charge < -0.3 is 14.7 Å². The minimum Gasteiger partial charge on any atom is -0.618 e. The van der Waals surface area contributed by atoms with Crippen LogP contribution in [0.5, 0.6) is 5.75 Å². The second-order valence-corrected chi connectivity index (χ2v) is 4.86. The smallest absolute Gasteiger partial charge is 0.223 e. The van der Waals surface area contributed by atoms with Crippen LogP contribution in [0, 0.1) is 5.21 Å². The third kappa shape index (κ3) is 3.00. The zero-order chi connectivity index (χ0) is 13.8. The minimum absolute atomic E-state index is 0.649. The molecule has 0 saturated carbocycles. The first-order valence-corrected chi connectivity index (χ1v) is 6.88. The lowest BCUT2D eigenvalue weighted by Crippen LogP contribution is -2.38. The van der Waals surface area contributed by atoms with E-state index in [0.29, 0.717) is 12.1 Å². The van der Waals surface area contributed by atoms with Crippen molar-refractivity contribution in [3.05, 3.63) is 41.7 Å². The Morgan fingerprint density at radius 3 is 2.95 bits per heavy atom. The molecule has 0 spiro atoms. The Kier molecular flexibility index (Phi) is 3.99. The van der Waals surface area contributed by atoms with E-state index in [9.17, 15) is 5.21 Å². The maximum absolute atomic E-state index is 11.6. The SMILES string of the molecule is [O-][n+]1cccc2cc(OCCN3CCOCC3)ccc21.